The summed E-state index contributed by atoms with van der Waals surface area (Å²) in [7, 11) is 1.17. The zero-order valence-corrected chi connectivity index (χ0v) is 8.25. The molecule has 76 valence electrons. The third-order valence-corrected chi connectivity index (χ3v) is 1.15. The van der Waals surface area contributed by atoms with Gasteiger partial charge in [-0.1, -0.05) is 0 Å². The smallest absolute Gasteiger partial charge is 0.438 e. The van der Waals surface area contributed by atoms with Crippen molar-refractivity contribution < 1.29 is 23.8 Å². The van der Waals surface area contributed by atoms with Crippen LogP contribution >= 0.6 is 0 Å². The van der Waals surface area contributed by atoms with Gasteiger partial charge in [0.15, 0.2) is 0 Å². The van der Waals surface area contributed by atoms with Crippen LogP contribution in [-0.2, 0) is 19.0 Å². The van der Waals surface area contributed by atoms with E-state index in [0.717, 1.165) is 0 Å². The number of ether oxygens (including phenoxy) is 3. The maximum Gasteiger partial charge on any atom is 0.510 e. The molecule has 5 heteroatoms. The van der Waals surface area contributed by atoms with Crippen molar-refractivity contribution in [2.45, 2.75) is 20.8 Å². The Kier molecular flexibility index (Phi) is 4.23. The van der Waals surface area contributed by atoms with Gasteiger partial charge < -0.3 is 14.2 Å². The quantitative estimate of drug-likeness (QED) is 0.485. The molecule has 13 heavy (non-hydrogen) atoms. The Morgan fingerprint density at radius 3 is 2.08 bits per heavy atom. The molecule has 0 bridgehead atoms. The Labute approximate surface area is 77.0 Å². The molecule has 0 unspecified atom stereocenters. The fraction of sp³-hybridized carbons (Fsp3) is 0.750. The second-order valence-corrected chi connectivity index (χ2v) is 3.40. The second kappa shape index (κ2) is 4.69. The van der Waals surface area contributed by atoms with E-state index in [0.29, 0.717) is 0 Å². The first-order chi connectivity index (χ1) is 5.88. The lowest BCUT2D eigenvalue weighted by atomic mass is 9.98. The Morgan fingerprint density at radius 1 is 1.15 bits per heavy atom. The Hall–Kier alpha value is -1.26. The first kappa shape index (κ1) is 11.7. The molecule has 0 aromatic heterocycles. The zero-order chi connectivity index (χ0) is 10.5. The first-order valence-electron chi connectivity index (χ1n) is 3.76. The van der Waals surface area contributed by atoms with E-state index in [4.69, 9.17) is 0 Å². The molecule has 0 saturated heterocycles. The molecular weight excluding hydrogens is 176 g/mol. The monoisotopic (exact) mass is 190 g/mol. The van der Waals surface area contributed by atoms with Crippen LogP contribution in [-0.4, -0.2) is 26.0 Å². The number of esters is 1. The van der Waals surface area contributed by atoms with E-state index in [1.54, 1.807) is 20.8 Å². The molecule has 0 rings (SSSR count). The highest BCUT2D eigenvalue weighted by molar-refractivity contribution is 5.75. The summed E-state index contributed by atoms with van der Waals surface area (Å²) in [6.07, 6.45) is -0.873. The minimum Gasteiger partial charge on any atom is -0.438 e. The number of hydrogen-bond donors (Lipinski definition) is 0. The van der Waals surface area contributed by atoms with Crippen LogP contribution in [0, 0.1) is 5.41 Å². The SMILES string of the molecule is COC(=O)OCOC(=O)C(C)(C)C. The van der Waals surface area contributed by atoms with Gasteiger partial charge in [0.1, 0.15) is 0 Å². The van der Waals surface area contributed by atoms with Gasteiger partial charge in [-0.15, -0.1) is 0 Å². The van der Waals surface area contributed by atoms with Crippen LogP contribution in [0.1, 0.15) is 20.8 Å². The number of carbonyl (C=O) groups is 2. The molecule has 0 radical (unpaired) electrons. The summed E-state index contributed by atoms with van der Waals surface area (Å²) in [4.78, 5) is 21.5. The van der Waals surface area contributed by atoms with Crippen LogP contribution in [0.15, 0.2) is 0 Å². The predicted octanol–water partition coefficient (Wildman–Crippen LogP) is 1.32. The third kappa shape index (κ3) is 5.05. The molecule has 0 aromatic carbocycles. The molecule has 0 heterocycles. The largest absolute Gasteiger partial charge is 0.510 e. The highest BCUT2D eigenvalue weighted by atomic mass is 16.8. The van der Waals surface area contributed by atoms with Crippen LogP contribution in [0.2, 0.25) is 0 Å². The van der Waals surface area contributed by atoms with Crippen molar-refractivity contribution in [3.63, 3.8) is 0 Å². The molecule has 0 fully saturated rings. The molecule has 0 saturated carbocycles. The summed E-state index contributed by atoms with van der Waals surface area (Å²) in [6, 6.07) is 0. The van der Waals surface area contributed by atoms with Gasteiger partial charge in [0.2, 0.25) is 6.79 Å². The number of carbonyl (C=O) groups excluding carboxylic acids is 2. The molecule has 0 amide bonds. The van der Waals surface area contributed by atoms with Gasteiger partial charge in [-0.05, 0) is 20.8 Å². The molecule has 0 aliphatic heterocycles. The Morgan fingerprint density at radius 2 is 1.69 bits per heavy atom. The van der Waals surface area contributed by atoms with E-state index in [1.165, 1.54) is 7.11 Å². The average molecular weight is 190 g/mol. The summed E-state index contributed by atoms with van der Waals surface area (Å²) >= 11 is 0. The molecule has 0 aliphatic carbocycles. The van der Waals surface area contributed by atoms with Gasteiger partial charge >= 0.3 is 12.1 Å². The molecule has 0 N–H and O–H groups in total. The normalized spacial score (nSPS) is 10.5. The Balaban J connectivity index is 3.67. The first-order valence-corrected chi connectivity index (χ1v) is 3.76. The summed E-state index contributed by atoms with van der Waals surface area (Å²) < 4.78 is 13.1. The Bertz CT molecular complexity index is 191. The van der Waals surface area contributed by atoms with Crippen LogP contribution < -0.4 is 0 Å². The third-order valence-electron chi connectivity index (χ3n) is 1.15. The molecule has 0 atom stereocenters. The van der Waals surface area contributed by atoms with Gasteiger partial charge in [0.05, 0.1) is 12.5 Å². The van der Waals surface area contributed by atoms with E-state index in [9.17, 15) is 9.59 Å². The van der Waals surface area contributed by atoms with E-state index in [-0.39, 0.29) is 0 Å². The van der Waals surface area contributed by atoms with E-state index in [2.05, 4.69) is 14.2 Å². The lowest BCUT2D eigenvalue weighted by Gasteiger charge is -2.15. The maximum atomic E-state index is 11.1. The molecule has 5 nitrogen and oxygen atoms in total. The molecular formula is C8H14O5. The van der Waals surface area contributed by atoms with Crippen molar-refractivity contribution in [2.24, 2.45) is 5.41 Å². The minimum absolute atomic E-state index is 0.414. The number of methoxy groups -OCH3 is 1. The van der Waals surface area contributed by atoms with Gasteiger partial charge in [0, 0.05) is 0 Å². The van der Waals surface area contributed by atoms with Crippen molar-refractivity contribution in [2.75, 3.05) is 13.9 Å². The van der Waals surface area contributed by atoms with Crippen LogP contribution in [0.4, 0.5) is 4.79 Å². The number of hydrogen-bond acceptors (Lipinski definition) is 5. The van der Waals surface area contributed by atoms with Gasteiger partial charge in [-0.3, -0.25) is 4.79 Å². The standard InChI is InChI=1S/C8H14O5/c1-8(2,3)6(9)12-5-13-7(10)11-4/h5H2,1-4H3. The minimum atomic E-state index is -0.873. The van der Waals surface area contributed by atoms with Crippen molar-refractivity contribution in [1.82, 2.24) is 0 Å². The molecule has 0 aromatic rings. The lowest BCUT2D eigenvalue weighted by Crippen LogP contribution is -2.24. The molecule has 0 spiro atoms. The van der Waals surface area contributed by atoms with Crippen molar-refractivity contribution >= 4 is 12.1 Å². The summed E-state index contributed by atoms with van der Waals surface area (Å²) in [6.45, 7) is 4.69. The average Bonchev–Trinajstić information content (AvgIpc) is 2.02. The second-order valence-electron chi connectivity index (χ2n) is 3.40. The maximum absolute atomic E-state index is 11.1. The van der Waals surface area contributed by atoms with Crippen LogP contribution in [0.5, 0.6) is 0 Å². The van der Waals surface area contributed by atoms with E-state index >= 15 is 0 Å². The molecule has 0 aliphatic rings. The fourth-order valence-corrected chi connectivity index (χ4v) is 0.407. The predicted molar refractivity (Wildman–Crippen MR) is 43.9 cm³/mol. The van der Waals surface area contributed by atoms with Crippen molar-refractivity contribution in [1.29, 1.82) is 0 Å². The van der Waals surface area contributed by atoms with Crippen LogP contribution in [0.3, 0.4) is 0 Å². The summed E-state index contributed by atoms with van der Waals surface area (Å²) in [5.74, 6) is -0.434. The van der Waals surface area contributed by atoms with Gasteiger partial charge in [0.25, 0.3) is 0 Å². The van der Waals surface area contributed by atoms with Crippen molar-refractivity contribution in [3.8, 4) is 0 Å². The topological polar surface area (TPSA) is 61.8 Å². The number of rotatable bonds is 2. The van der Waals surface area contributed by atoms with Gasteiger partial charge in [-0.25, -0.2) is 4.79 Å². The van der Waals surface area contributed by atoms with Gasteiger partial charge in [-0.2, -0.15) is 0 Å². The fourth-order valence-electron chi connectivity index (χ4n) is 0.407. The summed E-state index contributed by atoms with van der Waals surface area (Å²) in [5.41, 5.74) is -0.598. The van der Waals surface area contributed by atoms with E-state index < -0.39 is 24.3 Å². The zero-order valence-electron chi connectivity index (χ0n) is 8.25. The highest BCUT2D eigenvalue weighted by Crippen LogP contribution is 2.14. The van der Waals surface area contributed by atoms with Crippen molar-refractivity contribution in [3.05, 3.63) is 0 Å². The summed E-state index contributed by atoms with van der Waals surface area (Å²) in [5, 5.41) is 0. The highest BCUT2D eigenvalue weighted by Gasteiger charge is 2.23. The lowest BCUT2D eigenvalue weighted by molar-refractivity contribution is -0.162. The van der Waals surface area contributed by atoms with Crippen LogP contribution in [0.25, 0.3) is 0 Å². The van der Waals surface area contributed by atoms with E-state index in [1.807, 2.05) is 0 Å².